The van der Waals surface area contributed by atoms with Gasteiger partial charge in [-0.3, -0.25) is 0 Å². The molecule has 0 unspecified atom stereocenters. The van der Waals surface area contributed by atoms with E-state index >= 15 is 0 Å². The van der Waals surface area contributed by atoms with Gasteiger partial charge in [-0.1, -0.05) is 0 Å². The molecule has 0 aromatic heterocycles. The molecule has 3 aliphatic rings. The van der Waals surface area contributed by atoms with Crippen LogP contribution in [0.4, 0.5) is 0 Å². The van der Waals surface area contributed by atoms with Crippen molar-refractivity contribution < 1.29 is 14.0 Å². The van der Waals surface area contributed by atoms with Crippen molar-refractivity contribution in [1.82, 2.24) is 0 Å². The summed E-state index contributed by atoms with van der Waals surface area (Å²) in [4.78, 5) is 0. The molecule has 0 radical (unpaired) electrons. The monoisotopic (exact) mass is 762 g/mol. The van der Waals surface area contributed by atoms with E-state index in [-0.39, 0.29) is 0 Å². The molecular weight excluding hydrogens is 720 g/mol. The zero-order valence-corrected chi connectivity index (χ0v) is 33.1. The molecule has 3 nitrogen and oxygen atoms in total. The Hall–Kier alpha value is -5.13. The average Bonchev–Trinajstić information content (AvgIpc) is 3.62. The Labute approximate surface area is 321 Å². The van der Waals surface area contributed by atoms with E-state index in [1.54, 1.807) is 0 Å². The molecule has 1 spiro atoms. The van der Waals surface area contributed by atoms with Gasteiger partial charge in [-0.25, -0.2) is 0 Å². The fourth-order valence-electron chi connectivity index (χ4n) is 9.36. The van der Waals surface area contributed by atoms with Crippen LogP contribution in [0.25, 0.3) is 11.1 Å². The topological polar surface area (TPSA) is 27.7 Å². The van der Waals surface area contributed by atoms with E-state index in [0.29, 0.717) is 0 Å². The number of ether oxygens (including phenoxy) is 1. The van der Waals surface area contributed by atoms with Gasteiger partial charge in [0.1, 0.15) is 0 Å². The maximum absolute atomic E-state index is 6.68. The van der Waals surface area contributed by atoms with Crippen LogP contribution >= 0.6 is 0 Å². The van der Waals surface area contributed by atoms with Gasteiger partial charge >= 0.3 is 323 Å². The molecule has 1 fully saturated rings. The minimum atomic E-state index is -3.81. The number of benzene rings is 7. The second-order valence-electron chi connectivity index (χ2n) is 15.8. The van der Waals surface area contributed by atoms with E-state index in [1.165, 1.54) is 51.0 Å². The van der Waals surface area contributed by atoms with Crippen LogP contribution in [0.5, 0.6) is 11.5 Å². The molecule has 0 saturated carbocycles. The van der Waals surface area contributed by atoms with Crippen LogP contribution in [0.2, 0.25) is 0 Å². The van der Waals surface area contributed by atoms with Gasteiger partial charge in [0.2, 0.25) is 0 Å². The normalized spacial score (nSPS) is 16.9. The van der Waals surface area contributed by atoms with Gasteiger partial charge < -0.3 is 0 Å². The van der Waals surface area contributed by atoms with Crippen LogP contribution in [-0.2, 0) is 14.7 Å². The zero-order valence-electron chi connectivity index (χ0n) is 31.0. The summed E-state index contributed by atoms with van der Waals surface area (Å²) in [6.07, 6.45) is 0. The average molecular weight is 761 g/mol. The minimum absolute atomic E-state index is 0.440. The van der Waals surface area contributed by atoms with Crippen molar-refractivity contribution in [2.45, 2.75) is 44.3 Å². The van der Waals surface area contributed by atoms with Crippen LogP contribution in [0.15, 0.2) is 176 Å². The van der Waals surface area contributed by atoms with Gasteiger partial charge in [0.15, 0.2) is 0 Å². The predicted octanol–water partition coefficient (Wildman–Crippen LogP) is 7.83. The summed E-state index contributed by atoms with van der Waals surface area (Å²) in [5, 5.41) is 0. The van der Waals surface area contributed by atoms with Gasteiger partial charge in [0.25, 0.3) is 0 Å². The molecule has 54 heavy (non-hydrogen) atoms. The molecule has 10 rings (SSSR count). The third kappa shape index (κ3) is 4.63. The Bertz CT molecular complexity index is 2460. The Morgan fingerprint density at radius 3 is 1.50 bits per heavy atom. The van der Waals surface area contributed by atoms with E-state index in [2.05, 4.69) is 204 Å². The molecule has 262 valence electrons. The van der Waals surface area contributed by atoms with E-state index < -0.39 is 37.0 Å². The second kappa shape index (κ2) is 12.2. The molecule has 5 heteroatoms. The Morgan fingerprint density at radius 1 is 0.407 bits per heavy atom. The summed E-state index contributed by atoms with van der Waals surface area (Å²) in [5.74, 6) is 1.80. The molecule has 1 saturated heterocycles. The number of para-hydroxylation sites is 2. The molecule has 0 amide bonds. The summed E-state index contributed by atoms with van der Waals surface area (Å²) in [7, 11) is -0.463. The van der Waals surface area contributed by atoms with E-state index in [0.717, 1.165) is 17.0 Å². The molecule has 0 bridgehead atoms. The molecule has 7 aromatic carbocycles. The summed E-state index contributed by atoms with van der Waals surface area (Å²) in [6, 6.07) is 65.2. The number of hydrogen-bond acceptors (Lipinski definition) is 3. The molecule has 2 heterocycles. The predicted molar refractivity (Wildman–Crippen MR) is 223 cm³/mol. The van der Waals surface area contributed by atoms with E-state index in [1.807, 2.05) is 0 Å². The standard InChI is InChI=1S/C49H41BGeO3/c1-47(2)48(3,4)54-50(53-47)34-18-17-23-37(32-34)51(35-19-7-5-8-20-35,36-21-9-6-10-22-36)38-30-31-40-39-24-11-12-25-41(39)49(44(40)33-38)42-26-13-15-28-45(42)52-46-29-16-14-27-43(46)49/h5-33H,1-4H3. The second-order valence-corrected chi connectivity index (χ2v) is 23.8. The van der Waals surface area contributed by atoms with Gasteiger partial charge in [-0.2, -0.15) is 0 Å². The summed E-state index contributed by atoms with van der Waals surface area (Å²) < 4.78 is 25.4. The summed E-state index contributed by atoms with van der Waals surface area (Å²) in [6.45, 7) is 8.49. The first kappa shape index (κ1) is 33.4. The van der Waals surface area contributed by atoms with Crippen molar-refractivity contribution in [3.8, 4) is 22.6 Å². The fraction of sp³-hybridized carbons (Fsp3) is 0.143. The molecule has 1 aliphatic carbocycles. The van der Waals surface area contributed by atoms with Crippen LogP contribution in [0, 0.1) is 0 Å². The van der Waals surface area contributed by atoms with Crippen molar-refractivity contribution >= 4 is 43.4 Å². The Balaban J connectivity index is 1.29. The van der Waals surface area contributed by atoms with E-state index in [4.69, 9.17) is 14.0 Å². The summed E-state index contributed by atoms with van der Waals surface area (Å²) in [5.41, 5.74) is 7.09. The van der Waals surface area contributed by atoms with Gasteiger partial charge in [-0.15, -0.1) is 0 Å². The zero-order chi connectivity index (χ0) is 36.7. The van der Waals surface area contributed by atoms with Crippen molar-refractivity contribution in [2.24, 2.45) is 0 Å². The van der Waals surface area contributed by atoms with Gasteiger partial charge in [-0.05, 0) is 0 Å². The third-order valence-electron chi connectivity index (χ3n) is 12.5. The fourth-order valence-corrected chi connectivity index (χ4v) is 19.5. The molecule has 2 aliphatic heterocycles. The van der Waals surface area contributed by atoms with Crippen LogP contribution in [0.1, 0.15) is 49.9 Å². The molecule has 7 aromatic rings. The van der Waals surface area contributed by atoms with Crippen molar-refractivity contribution in [1.29, 1.82) is 0 Å². The van der Waals surface area contributed by atoms with Gasteiger partial charge in [0, 0.05) is 0 Å². The molecular formula is C49H41BGeO3. The quantitative estimate of drug-likeness (QED) is 0.168. The van der Waals surface area contributed by atoms with E-state index in [9.17, 15) is 0 Å². The third-order valence-corrected chi connectivity index (χ3v) is 22.5. The van der Waals surface area contributed by atoms with Crippen LogP contribution < -0.4 is 27.8 Å². The first-order valence-electron chi connectivity index (χ1n) is 18.9. The van der Waals surface area contributed by atoms with Crippen molar-refractivity contribution in [2.75, 3.05) is 0 Å². The van der Waals surface area contributed by atoms with Crippen molar-refractivity contribution in [3.63, 3.8) is 0 Å². The van der Waals surface area contributed by atoms with Crippen LogP contribution in [0.3, 0.4) is 0 Å². The Morgan fingerprint density at radius 2 is 0.889 bits per heavy atom. The number of fused-ring (bicyclic) bond motifs is 9. The first-order chi connectivity index (χ1) is 26.2. The maximum atomic E-state index is 6.68. The SMILES string of the molecule is CC1(C)OB(c2ccc[c]([Ge]([c]3ccccc3)([c]3ccccc3)[c]3ccc4c(c3)C3(c5ccccc5Oc5ccccc53)c3ccccc3-4)c2)OC1(C)C. The van der Waals surface area contributed by atoms with Crippen molar-refractivity contribution in [3.05, 3.63) is 198 Å². The first-order valence-corrected chi connectivity index (χ1v) is 23.1. The number of rotatable bonds is 5. The molecule has 0 N–H and O–H groups in total. The number of hydrogen-bond donors (Lipinski definition) is 0. The van der Waals surface area contributed by atoms with Gasteiger partial charge in [0.05, 0.1) is 0 Å². The summed E-state index contributed by atoms with van der Waals surface area (Å²) >= 11 is -3.81. The molecule has 0 atom stereocenters. The van der Waals surface area contributed by atoms with Crippen LogP contribution in [-0.4, -0.2) is 31.6 Å². The Kier molecular flexibility index (Phi) is 7.55.